The predicted molar refractivity (Wildman–Crippen MR) is 67.0 cm³/mol. The Morgan fingerprint density at radius 3 is 2.94 bits per heavy atom. The van der Waals surface area contributed by atoms with Crippen molar-refractivity contribution in [3.8, 4) is 0 Å². The topological polar surface area (TPSA) is 78.1 Å². The van der Waals surface area contributed by atoms with Gasteiger partial charge in [-0.1, -0.05) is 6.92 Å². The highest BCUT2D eigenvalue weighted by Crippen LogP contribution is 2.17. The van der Waals surface area contributed by atoms with Crippen LogP contribution in [0.2, 0.25) is 0 Å². The average Bonchev–Trinajstić information content (AvgIpc) is 2.90. The number of carbonyl (C=O) groups excluding carboxylic acids is 2. The zero-order valence-electron chi connectivity index (χ0n) is 10.7. The second kappa shape index (κ2) is 5.20. The molecule has 1 saturated heterocycles. The van der Waals surface area contributed by atoms with Gasteiger partial charge >= 0.3 is 0 Å². The second-order valence-corrected chi connectivity index (χ2v) is 4.52. The van der Waals surface area contributed by atoms with E-state index in [1.165, 1.54) is 0 Å². The first-order valence-electron chi connectivity index (χ1n) is 6.23. The molecule has 1 aromatic rings. The molecule has 2 rings (SSSR count). The van der Waals surface area contributed by atoms with Gasteiger partial charge in [0.2, 0.25) is 17.8 Å². The van der Waals surface area contributed by atoms with Crippen LogP contribution in [0.15, 0.2) is 6.20 Å². The van der Waals surface area contributed by atoms with Crippen LogP contribution in [0.3, 0.4) is 0 Å². The second-order valence-electron chi connectivity index (χ2n) is 4.52. The van der Waals surface area contributed by atoms with E-state index in [4.69, 9.17) is 0 Å². The van der Waals surface area contributed by atoms with E-state index in [0.717, 1.165) is 12.1 Å². The van der Waals surface area contributed by atoms with Gasteiger partial charge in [-0.25, -0.2) is 4.98 Å². The number of aromatic nitrogens is 2. The number of nitrogens with one attached hydrogen (secondary N) is 2. The fourth-order valence-electron chi connectivity index (χ4n) is 2.22. The highest BCUT2D eigenvalue weighted by atomic mass is 16.2. The zero-order chi connectivity index (χ0) is 13.1. The molecule has 0 radical (unpaired) electrons. The summed E-state index contributed by atoms with van der Waals surface area (Å²) in [6.07, 6.45) is 3.64. The Labute approximate surface area is 106 Å². The van der Waals surface area contributed by atoms with Crippen molar-refractivity contribution < 1.29 is 9.59 Å². The number of hydrogen-bond acceptors (Lipinski definition) is 3. The molecule has 6 nitrogen and oxygen atoms in total. The number of H-pyrrole nitrogens is 1. The molecular formula is C12H18N4O2. The van der Waals surface area contributed by atoms with Gasteiger partial charge in [0.15, 0.2) is 0 Å². The molecule has 0 saturated carbocycles. The van der Waals surface area contributed by atoms with Gasteiger partial charge in [0.25, 0.3) is 0 Å². The Bertz CT molecular complexity index is 455. The molecule has 18 heavy (non-hydrogen) atoms. The summed E-state index contributed by atoms with van der Waals surface area (Å²) in [5, 5.41) is 2.71. The number of rotatable bonds is 4. The van der Waals surface area contributed by atoms with Gasteiger partial charge in [0.1, 0.15) is 6.04 Å². The summed E-state index contributed by atoms with van der Waals surface area (Å²) in [7, 11) is 0. The highest BCUT2D eigenvalue weighted by Gasteiger charge is 2.31. The number of nitrogens with zero attached hydrogens (tertiary/aromatic N) is 2. The van der Waals surface area contributed by atoms with Gasteiger partial charge < -0.3 is 9.88 Å². The van der Waals surface area contributed by atoms with E-state index in [2.05, 4.69) is 15.3 Å². The molecule has 0 aromatic carbocycles. The Morgan fingerprint density at radius 2 is 2.44 bits per heavy atom. The molecule has 1 aliphatic heterocycles. The van der Waals surface area contributed by atoms with E-state index in [-0.39, 0.29) is 11.8 Å². The Kier molecular flexibility index (Phi) is 3.64. The van der Waals surface area contributed by atoms with Crippen LogP contribution >= 0.6 is 0 Å². The van der Waals surface area contributed by atoms with E-state index in [0.29, 0.717) is 25.3 Å². The number of amides is 2. The maximum atomic E-state index is 12.1. The third-order valence-electron chi connectivity index (χ3n) is 3.12. The van der Waals surface area contributed by atoms with Crippen LogP contribution in [0.1, 0.15) is 31.9 Å². The summed E-state index contributed by atoms with van der Waals surface area (Å²) in [4.78, 5) is 32.4. The highest BCUT2D eigenvalue weighted by molar-refractivity contribution is 5.96. The van der Waals surface area contributed by atoms with Crippen molar-refractivity contribution >= 4 is 17.8 Å². The van der Waals surface area contributed by atoms with Crippen LogP contribution in [0, 0.1) is 6.92 Å². The van der Waals surface area contributed by atoms with Crippen molar-refractivity contribution in [1.29, 1.82) is 0 Å². The maximum absolute atomic E-state index is 12.1. The predicted octanol–water partition coefficient (Wildman–Crippen LogP) is 1.06. The summed E-state index contributed by atoms with van der Waals surface area (Å²) in [5.74, 6) is 0.317. The molecule has 1 fully saturated rings. The lowest BCUT2D eigenvalue weighted by Gasteiger charge is -2.25. The summed E-state index contributed by atoms with van der Waals surface area (Å²) in [6.45, 7) is 4.44. The molecule has 0 spiro atoms. The number of aromatic amines is 1. The summed E-state index contributed by atoms with van der Waals surface area (Å²) >= 11 is 0. The lowest BCUT2D eigenvalue weighted by Crippen LogP contribution is -2.44. The minimum Gasteiger partial charge on any atom is -0.331 e. The fourth-order valence-corrected chi connectivity index (χ4v) is 2.22. The van der Waals surface area contributed by atoms with E-state index in [1.807, 2.05) is 13.8 Å². The SMILES string of the molecule is CC[C@@H](C(=O)Nc1ncc(C)[nH]1)N1CCCC1=O. The summed E-state index contributed by atoms with van der Waals surface area (Å²) in [6, 6.07) is -0.398. The molecule has 98 valence electrons. The van der Waals surface area contributed by atoms with E-state index >= 15 is 0 Å². The Balaban J connectivity index is 2.03. The molecule has 1 aliphatic rings. The first-order valence-corrected chi connectivity index (χ1v) is 6.23. The fraction of sp³-hybridized carbons (Fsp3) is 0.583. The van der Waals surface area contributed by atoms with Crippen LogP contribution in [0.5, 0.6) is 0 Å². The number of carbonyl (C=O) groups is 2. The number of aryl methyl sites for hydroxylation is 1. The lowest BCUT2D eigenvalue weighted by atomic mass is 10.2. The van der Waals surface area contributed by atoms with Gasteiger partial charge in [-0.2, -0.15) is 0 Å². The first kappa shape index (κ1) is 12.6. The van der Waals surface area contributed by atoms with E-state index in [1.54, 1.807) is 11.1 Å². The molecule has 0 aliphatic carbocycles. The first-order chi connectivity index (χ1) is 8.61. The minimum absolute atomic E-state index is 0.0626. The minimum atomic E-state index is -0.398. The summed E-state index contributed by atoms with van der Waals surface area (Å²) in [5.41, 5.74) is 0.885. The molecule has 0 bridgehead atoms. The molecule has 1 atom stereocenters. The zero-order valence-corrected chi connectivity index (χ0v) is 10.7. The number of anilines is 1. The lowest BCUT2D eigenvalue weighted by molar-refractivity contribution is -0.135. The monoisotopic (exact) mass is 250 g/mol. The normalized spacial score (nSPS) is 17.0. The molecule has 6 heteroatoms. The Morgan fingerprint density at radius 1 is 1.67 bits per heavy atom. The van der Waals surface area contributed by atoms with Gasteiger partial charge in [-0.05, 0) is 19.8 Å². The van der Waals surface area contributed by atoms with E-state index in [9.17, 15) is 9.59 Å². The van der Waals surface area contributed by atoms with Crippen molar-refractivity contribution in [2.45, 2.75) is 39.2 Å². The van der Waals surface area contributed by atoms with Crippen LogP contribution in [0.4, 0.5) is 5.95 Å². The van der Waals surface area contributed by atoms with Gasteiger partial charge in [0.05, 0.1) is 0 Å². The molecule has 0 unspecified atom stereocenters. The number of imidazole rings is 1. The van der Waals surface area contributed by atoms with Crippen molar-refractivity contribution in [2.24, 2.45) is 0 Å². The van der Waals surface area contributed by atoms with Crippen molar-refractivity contribution in [3.63, 3.8) is 0 Å². The van der Waals surface area contributed by atoms with Crippen LogP contribution in [-0.4, -0.2) is 39.3 Å². The van der Waals surface area contributed by atoms with Gasteiger partial charge in [0, 0.05) is 24.9 Å². The van der Waals surface area contributed by atoms with E-state index < -0.39 is 6.04 Å². The van der Waals surface area contributed by atoms with Gasteiger partial charge in [-0.3, -0.25) is 14.9 Å². The van der Waals surface area contributed by atoms with Gasteiger partial charge in [-0.15, -0.1) is 0 Å². The molecule has 2 N–H and O–H groups in total. The summed E-state index contributed by atoms with van der Waals surface area (Å²) < 4.78 is 0. The molecule has 2 amide bonds. The van der Waals surface area contributed by atoms with Crippen LogP contribution < -0.4 is 5.32 Å². The smallest absolute Gasteiger partial charge is 0.249 e. The molecule has 1 aromatic heterocycles. The third kappa shape index (κ3) is 2.52. The quantitative estimate of drug-likeness (QED) is 0.838. The molecular weight excluding hydrogens is 232 g/mol. The Hall–Kier alpha value is -1.85. The van der Waals surface area contributed by atoms with Crippen LogP contribution in [-0.2, 0) is 9.59 Å². The van der Waals surface area contributed by atoms with Crippen molar-refractivity contribution in [1.82, 2.24) is 14.9 Å². The average molecular weight is 250 g/mol. The largest absolute Gasteiger partial charge is 0.331 e. The third-order valence-corrected chi connectivity index (χ3v) is 3.12. The van der Waals surface area contributed by atoms with Crippen molar-refractivity contribution in [3.05, 3.63) is 11.9 Å². The standard InChI is InChI=1S/C12H18N4O2/c1-3-9(16-6-4-5-10(16)17)11(18)15-12-13-7-8(2)14-12/h7,9H,3-6H2,1-2H3,(H2,13,14,15,18)/t9-/m0/s1. The molecule has 2 heterocycles. The maximum Gasteiger partial charge on any atom is 0.249 e. The van der Waals surface area contributed by atoms with Crippen molar-refractivity contribution in [2.75, 3.05) is 11.9 Å². The number of hydrogen-bond donors (Lipinski definition) is 2. The number of likely N-dealkylation sites (tertiary alicyclic amines) is 1. The van der Waals surface area contributed by atoms with Crippen LogP contribution in [0.25, 0.3) is 0 Å².